The van der Waals surface area contributed by atoms with E-state index in [9.17, 15) is 9.90 Å². The van der Waals surface area contributed by atoms with Crippen LogP contribution >= 0.6 is 0 Å². The highest BCUT2D eigenvalue weighted by molar-refractivity contribution is 5.94. The van der Waals surface area contributed by atoms with Gasteiger partial charge in [-0.2, -0.15) is 5.10 Å². The van der Waals surface area contributed by atoms with Gasteiger partial charge in [0.15, 0.2) is 0 Å². The number of aliphatic hydroxyl groups excluding tert-OH is 1. The Hall–Kier alpha value is -2.14. The maximum atomic E-state index is 12.2. The van der Waals surface area contributed by atoms with Gasteiger partial charge in [0.05, 0.1) is 29.6 Å². The smallest absolute Gasteiger partial charge is 0.254 e. The maximum absolute atomic E-state index is 12.2. The Bertz CT molecular complexity index is 609. The highest BCUT2D eigenvalue weighted by Gasteiger charge is 2.25. The molecule has 5 heteroatoms. The summed E-state index contributed by atoms with van der Waals surface area (Å²) in [7, 11) is 0. The Labute approximate surface area is 123 Å². The first-order chi connectivity index (χ1) is 10.2. The number of carbonyl (C=O) groups is 1. The summed E-state index contributed by atoms with van der Waals surface area (Å²) in [4.78, 5) is 12.2. The van der Waals surface area contributed by atoms with Gasteiger partial charge < -0.3 is 10.4 Å². The van der Waals surface area contributed by atoms with E-state index >= 15 is 0 Å². The van der Waals surface area contributed by atoms with E-state index in [1.807, 2.05) is 30.3 Å². The van der Waals surface area contributed by atoms with E-state index in [1.54, 1.807) is 17.1 Å². The van der Waals surface area contributed by atoms with Gasteiger partial charge in [0.2, 0.25) is 0 Å². The Morgan fingerprint density at radius 1 is 1.24 bits per heavy atom. The molecule has 0 radical (unpaired) electrons. The summed E-state index contributed by atoms with van der Waals surface area (Å²) < 4.78 is 1.67. The van der Waals surface area contributed by atoms with Crippen LogP contribution in [-0.2, 0) is 0 Å². The van der Waals surface area contributed by atoms with Gasteiger partial charge in [-0.15, -0.1) is 0 Å². The number of hydrogen-bond donors (Lipinski definition) is 2. The number of amides is 1. The number of benzene rings is 1. The molecule has 2 atom stereocenters. The van der Waals surface area contributed by atoms with Crippen molar-refractivity contribution in [1.82, 2.24) is 15.1 Å². The van der Waals surface area contributed by atoms with Crippen LogP contribution in [-0.4, -0.2) is 32.9 Å². The van der Waals surface area contributed by atoms with E-state index in [1.165, 1.54) is 0 Å². The molecule has 3 rings (SSSR count). The molecule has 1 aromatic heterocycles. The van der Waals surface area contributed by atoms with Gasteiger partial charge in [-0.05, 0) is 25.0 Å². The molecular weight excluding hydrogens is 266 g/mol. The lowest BCUT2D eigenvalue weighted by atomic mass is 9.92. The summed E-state index contributed by atoms with van der Waals surface area (Å²) in [5, 5.41) is 17.0. The van der Waals surface area contributed by atoms with E-state index in [4.69, 9.17) is 0 Å². The maximum Gasteiger partial charge on any atom is 0.254 e. The van der Waals surface area contributed by atoms with Gasteiger partial charge in [-0.3, -0.25) is 4.79 Å². The van der Waals surface area contributed by atoms with Gasteiger partial charge in [-0.1, -0.05) is 31.0 Å². The van der Waals surface area contributed by atoms with Crippen LogP contribution in [0.15, 0.2) is 42.7 Å². The lowest BCUT2D eigenvalue weighted by Gasteiger charge is -2.28. The summed E-state index contributed by atoms with van der Waals surface area (Å²) in [5.41, 5.74) is 1.42. The molecule has 2 N–H and O–H groups in total. The van der Waals surface area contributed by atoms with Gasteiger partial charge >= 0.3 is 0 Å². The molecule has 110 valence electrons. The third-order valence-corrected chi connectivity index (χ3v) is 3.91. The van der Waals surface area contributed by atoms with Crippen LogP contribution in [0.3, 0.4) is 0 Å². The Kier molecular flexibility index (Phi) is 4.01. The molecule has 1 amide bonds. The topological polar surface area (TPSA) is 67.2 Å². The van der Waals surface area contributed by atoms with Crippen molar-refractivity contribution in [2.45, 2.75) is 37.8 Å². The summed E-state index contributed by atoms with van der Waals surface area (Å²) >= 11 is 0. The fourth-order valence-electron chi connectivity index (χ4n) is 2.69. The Morgan fingerprint density at radius 2 is 2.00 bits per heavy atom. The second-order valence-corrected chi connectivity index (χ2v) is 5.44. The highest BCUT2D eigenvalue weighted by atomic mass is 16.3. The molecule has 0 bridgehead atoms. The van der Waals surface area contributed by atoms with Crippen molar-refractivity contribution in [3.63, 3.8) is 0 Å². The number of nitrogens with zero attached hydrogens (tertiary/aromatic N) is 2. The normalized spacial score (nSPS) is 22.0. The van der Waals surface area contributed by atoms with Crippen LogP contribution in [0.1, 0.15) is 36.0 Å². The van der Waals surface area contributed by atoms with E-state index in [-0.39, 0.29) is 11.9 Å². The van der Waals surface area contributed by atoms with Crippen LogP contribution in [0.25, 0.3) is 5.69 Å². The SMILES string of the molecule is O=C(N[C@@H]1CCCC[C@H]1O)c1cnn(-c2ccccc2)c1. The van der Waals surface area contributed by atoms with Crippen molar-refractivity contribution >= 4 is 5.91 Å². The van der Waals surface area contributed by atoms with Crippen molar-refractivity contribution in [2.75, 3.05) is 0 Å². The number of hydrogen-bond acceptors (Lipinski definition) is 3. The molecule has 1 saturated carbocycles. The molecule has 1 aliphatic carbocycles. The van der Waals surface area contributed by atoms with Crippen molar-refractivity contribution < 1.29 is 9.90 Å². The molecule has 1 heterocycles. The van der Waals surface area contributed by atoms with E-state index in [0.29, 0.717) is 5.56 Å². The number of carbonyl (C=O) groups excluding carboxylic acids is 1. The number of nitrogens with one attached hydrogen (secondary N) is 1. The Balaban J connectivity index is 1.69. The van der Waals surface area contributed by atoms with Crippen molar-refractivity contribution in [2.24, 2.45) is 0 Å². The minimum atomic E-state index is -0.438. The molecule has 0 aliphatic heterocycles. The standard InChI is InChI=1S/C16H19N3O2/c20-15-9-5-4-8-14(15)18-16(21)12-10-17-19(11-12)13-6-2-1-3-7-13/h1-3,6-7,10-11,14-15,20H,4-5,8-9H2,(H,18,21)/t14-,15-/m1/s1. The first-order valence-electron chi connectivity index (χ1n) is 7.33. The second kappa shape index (κ2) is 6.10. The molecule has 0 unspecified atom stereocenters. The lowest BCUT2D eigenvalue weighted by molar-refractivity contribution is 0.0717. The first-order valence-corrected chi connectivity index (χ1v) is 7.33. The van der Waals surface area contributed by atoms with Gasteiger partial charge in [0.1, 0.15) is 0 Å². The van der Waals surface area contributed by atoms with Crippen molar-refractivity contribution in [1.29, 1.82) is 0 Å². The minimum absolute atomic E-state index is 0.147. The summed E-state index contributed by atoms with van der Waals surface area (Å²) in [6, 6.07) is 9.50. The third kappa shape index (κ3) is 3.13. The molecule has 1 aromatic carbocycles. The average molecular weight is 285 g/mol. The zero-order valence-electron chi connectivity index (χ0n) is 11.8. The van der Waals surface area contributed by atoms with Crippen LogP contribution in [0.5, 0.6) is 0 Å². The molecule has 1 fully saturated rings. The van der Waals surface area contributed by atoms with Gasteiger partial charge in [-0.25, -0.2) is 4.68 Å². The molecule has 2 aromatic rings. The third-order valence-electron chi connectivity index (χ3n) is 3.91. The zero-order chi connectivity index (χ0) is 14.7. The lowest BCUT2D eigenvalue weighted by Crippen LogP contribution is -2.44. The molecule has 5 nitrogen and oxygen atoms in total. The average Bonchev–Trinajstić information content (AvgIpc) is 3.00. The number of aliphatic hydroxyl groups is 1. The number of para-hydroxylation sites is 1. The molecule has 21 heavy (non-hydrogen) atoms. The molecule has 0 spiro atoms. The van der Waals surface area contributed by atoms with Gasteiger partial charge in [0, 0.05) is 6.20 Å². The van der Waals surface area contributed by atoms with E-state index in [0.717, 1.165) is 31.4 Å². The van der Waals surface area contributed by atoms with Crippen molar-refractivity contribution in [3.8, 4) is 5.69 Å². The van der Waals surface area contributed by atoms with Crippen molar-refractivity contribution in [3.05, 3.63) is 48.3 Å². The largest absolute Gasteiger partial charge is 0.391 e. The van der Waals surface area contributed by atoms with Crippen LogP contribution in [0.2, 0.25) is 0 Å². The predicted molar refractivity (Wildman–Crippen MR) is 79.3 cm³/mol. The van der Waals surface area contributed by atoms with E-state index in [2.05, 4.69) is 10.4 Å². The summed E-state index contributed by atoms with van der Waals surface area (Å²) in [6.07, 6.45) is 6.49. The fraction of sp³-hybridized carbons (Fsp3) is 0.375. The predicted octanol–water partition coefficient (Wildman–Crippen LogP) is 1.91. The van der Waals surface area contributed by atoms with Crippen LogP contribution in [0.4, 0.5) is 0 Å². The Morgan fingerprint density at radius 3 is 2.76 bits per heavy atom. The fourth-order valence-corrected chi connectivity index (χ4v) is 2.69. The minimum Gasteiger partial charge on any atom is -0.391 e. The summed E-state index contributed by atoms with van der Waals surface area (Å²) in [5.74, 6) is -0.178. The number of aromatic nitrogens is 2. The molecular formula is C16H19N3O2. The first kappa shape index (κ1) is 13.8. The molecule has 0 saturated heterocycles. The quantitative estimate of drug-likeness (QED) is 0.905. The van der Waals surface area contributed by atoms with Crippen LogP contribution < -0.4 is 5.32 Å². The van der Waals surface area contributed by atoms with E-state index < -0.39 is 6.10 Å². The highest BCUT2D eigenvalue weighted by Crippen LogP contribution is 2.19. The zero-order valence-corrected chi connectivity index (χ0v) is 11.8. The van der Waals surface area contributed by atoms with Gasteiger partial charge in [0.25, 0.3) is 5.91 Å². The second-order valence-electron chi connectivity index (χ2n) is 5.44. The number of rotatable bonds is 3. The summed E-state index contributed by atoms with van der Waals surface area (Å²) in [6.45, 7) is 0. The van der Waals surface area contributed by atoms with Crippen LogP contribution in [0, 0.1) is 0 Å². The molecule has 1 aliphatic rings. The monoisotopic (exact) mass is 285 g/mol.